The maximum absolute atomic E-state index is 6.07. The lowest BCUT2D eigenvalue weighted by atomic mass is 10.3. The molecule has 7 nitrogen and oxygen atoms in total. The van der Waals surface area contributed by atoms with Crippen molar-refractivity contribution in [1.82, 2.24) is 15.2 Å². The first-order valence-corrected chi connectivity index (χ1v) is 8.27. The minimum absolute atomic E-state index is 0. The predicted molar refractivity (Wildman–Crippen MR) is 107 cm³/mol. The maximum Gasteiger partial charge on any atom is 0.193 e. The molecule has 0 spiro atoms. The van der Waals surface area contributed by atoms with E-state index in [0.717, 1.165) is 10.6 Å². The number of guanidine groups is 1. The molecular formula is C15H16BrClN6OS. The molecule has 4 N–H and O–H groups in total. The Labute approximate surface area is 164 Å². The third-order valence-corrected chi connectivity index (χ3v) is 4.26. The summed E-state index contributed by atoms with van der Waals surface area (Å²) in [6.07, 6.45) is 0. The van der Waals surface area contributed by atoms with E-state index in [1.165, 1.54) is 0 Å². The van der Waals surface area contributed by atoms with Crippen LogP contribution in [-0.4, -0.2) is 28.3 Å². The number of nitrogens with zero attached hydrogens (tertiary/aromatic N) is 3. The second-order valence-electron chi connectivity index (χ2n) is 4.76. The molecule has 0 saturated heterocycles. The van der Waals surface area contributed by atoms with E-state index in [9.17, 15) is 0 Å². The summed E-state index contributed by atoms with van der Waals surface area (Å²) in [6, 6.07) is 9.19. The fourth-order valence-electron chi connectivity index (χ4n) is 1.97. The quantitative estimate of drug-likeness (QED) is 0.412. The summed E-state index contributed by atoms with van der Waals surface area (Å²) < 4.78 is 5.10. The predicted octanol–water partition coefficient (Wildman–Crippen LogP) is 3.70. The Morgan fingerprint density at radius 2 is 2.28 bits per heavy atom. The van der Waals surface area contributed by atoms with Gasteiger partial charge in [0.25, 0.3) is 0 Å². The highest BCUT2D eigenvalue weighted by molar-refractivity contribution is 8.93. The van der Waals surface area contributed by atoms with Gasteiger partial charge in [-0.1, -0.05) is 17.7 Å². The highest BCUT2D eigenvalue weighted by Gasteiger charge is 2.07. The van der Waals surface area contributed by atoms with Crippen molar-refractivity contribution in [2.75, 3.05) is 12.4 Å². The van der Waals surface area contributed by atoms with Crippen LogP contribution in [0.15, 0.2) is 40.7 Å². The van der Waals surface area contributed by atoms with E-state index < -0.39 is 0 Å². The Hall–Kier alpha value is -2.10. The van der Waals surface area contributed by atoms with Gasteiger partial charge in [0.05, 0.1) is 17.0 Å². The van der Waals surface area contributed by atoms with Crippen molar-refractivity contribution >= 4 is 51.6 Å². The fraction of sp³-hybridized carbons (Fsp3) is 0.133. The number of benzene rings is 1. The van der Waals surface area contributed by atoms with Crippen LogP contribution in [0.2, 0.25) is 5.02 Å². The molecule has 0 bridgehead atoms. The topological polar surface area (TPSA) is 101 Å². The lowest BCUT2D eigenvalue weighted by Crippen LogP contribution is -2.22. The van der Waals surface area contributed by atoms with Gasteiger partial charge in [-0.05, 0) is 29.6 Å². The van der Waals surface area contributed by atoms with Gasteiger partial charge in [-0.25, -0.2) is 9.98 Å². The van der Waals surface area contributed by atoms with Crippen LogP contribution in [0, 0.1) is 0 Å². The van der Waals surface area contributed by atoms with Crippen molar-refractivity contribution in [3.8, 4) is 16.5 Å². The molecule has 2 heterocycles. The van der Waals surface area contributed by atoms with Gasteiger partial charge in [0.1, 0.15) is 18.1 Å². The molecule has 0 atom stereocenters. The Balaban J connectivity index is 0.00000225. The van der Waals surface area contributed by atoms with Crippen molar-refractivity contribution in [2.45, 2.75) is 6.54 Å². The lowest BCUT2D eigenvalue weighted by molar-refractivity contribution is 0.415. The van der Waals surface area contributed by atoms with Gasteiger partial charge >= 0.3 is 0 Å². The molecule has 0 saturated carbocycles. The zero-order chi connectivity index (χ0) is 16.9. The summed E-state index contributed by atoms with van der Waals surface area (Å²) in [7, 11) is 1.56. The molecule has 1 aromatic carbocycles. The number of halogens is 2. The van der Waals surface area contributed by atoms with E-state index in [2.05, 4.69) is 25.5 Å². The molecule has 0 amide bonds. The van der Waals surface area contributed by atoms with Gasteiger partial charge in [0, 0.05) is 5.69 Å². The lowest BCUT2D eigenvalue weighted by Gasteiger charge is -2.08. The number of nitrogens with one attached hydrogen (secondary N) is 2. The van der Waals surface area contributed by atoms with Gasteiger partial charge in [-0.2, -0.15) is 5.10 Å². The first kappa shape index (κ1) is 19.2. The minimum atomic E-state index is 0. The first-order chi connectivity index (χ1) is 11.7. The SMILES string of the molecule is Br.COc1ccc(NC(N)=NCc2nc(-c3cccs3)n[nH]2)cc1Cl. The van der Waals surface area contributed by atoms with Crippen molar-refractivity contribution in [3.05, 3.63) is 46.6 Å². The molecule has 0 fully saturated rings. The first-order valence-electron chi connectivity index (χ1n) is 7.01. The molecule has 0 aliphatic rings. The molecule has 0 aliphatic heterocycles. The van der Waals surface area contributed by atoms with E-state index >= 15 is 0 Å². The summed E-state index contributed by atoms with van der Waals surface area (Å²) in [6.45, 7) is 0.293. The van der Waals surface area contributed by atoms with Gasteiger partial charge in [0.2, 0.25) is 0 Å². The maximum atomic E-state index is 6.07. The zero-order valence-corrected chi connectivity index (χ0v) is 16.5. The molecule has 132 valence electrons. The van der Waals surface area contributed by atoms with Crippen LogP contribution < -0.4 is 15.8 Å². The summed E-state index contributed by atoms with van der Waals surface area (Å²) in [5.74, 6) is 2.14. The van der Waals surface area contributed by atoms with Gasteiger partial charge in [-0.3, -0.25) is 5.10 Å². The molecule has 0 radical (unpaired) electrons. The summed E-state index contributed by atoms with van der Waals surface area (Å²) >= 11 is 7.65. The minimum Gasteiger partial charge on any atom is -0.495 e. The second kappa shape index (κ2) is 8.84. The highest BCUT2D eigenvalue weighted by Crippen LogP contribution is 2.27. The van der Waals surface area contributed by atoms with Crippen LogP contribution in [0.1, 0.15) is 5.82 Å². The van der Waals surface area contributed by atoms with Crippen LogP contribution >= 0.6 is 39.9 Å². The largest absolute Gasteiger partial charge is 0.495 e. The van der Waals surface area contributed by atoms with Crippen molar-refractivity contribution in [3.63, 3.8) is 0 Å². The Kier molecular flexibility index (Phi) is 6.80. The standard InChI is InChI=1S/C15H15ClN6OS.BrH/c1-23-11-5-4-9(7-10(11)16)19-15(17)18-8-13-20-14(22-21-13)12-3-2-6-24-12;/h2-7H,8H2,1H3,(H3,17,18,19)(H,20,21,22);1H. The smallest absolute Gasteiger partial charge is 0.193 e. The van der Waals surface area contributed by atoms with E-state index in [4.69, 9.17) is 22.1 Å². The molecule has 3 rings (SSSR count). The van der Waals surface area contributed by atoms with Crippen LogP contribution in [0.4, 0.5) is 5.69 Å². The molecule has 0 unspecified atom stereocenters. The number of methoxy groups -OCH3 is 1. The van der Waals surface area contributed by atoms with E-state index in [1.807, 2.05) is 17.5 Å². The van der Waals surface area contributed by atoms with Crippen molar-refractivity contribution < 1.29 is 4.74 Å². The Morgan fingerprint density at radius 1 is 1.44 bits per heavy atom. The van der Waals surface area contributed by atoms with Crippen molar-refractivity contribution in [2.24, 2.45) is 10.7 Å². The molecule has 0 aliphatic carbocycles. The normalized spacial score (nSPS) is 11.0. The van der Waals surface area contributed by atoms with Crippen LogP contribution in [0.3, 0.4) is 0 Å². The van der Waals surface area contributed by atoms with Gasteiger partial charge in [0.15, 0.2) is 11.8 Å². The van der Waals surface area contributed by atoms with Crippen molar-refractivity contribution in [1.29, 1.82) is 0 Å². The number of anilines is 1. The average Bonchev–Trinajstić information content (AvgIpc) is 3.24. The molecular weight excluding hydrogens is 428 g/mol. The van der Waals surface area contributed by atoms with Crippen LogP contribution in [-0.2, 0) is 6.54 Å². The van der Waals surface area contributed by atoms with Gasteiger partial charge in [-0.15, -0.1) is 28.3 Å². The summed E-state index contributed by atoms with van der Waals surface area (Å²) in [4.78, 5) is 9.62. The Bertz CT molecular complexity index is 852. The number of rotatable bonds is 5. The monoisotopic (exact) mass is 442 g/mol. The summed E-state index contributed by atoms with van der Waals surface area (Å²) in [5.41, 5.74) is 6.60. The Morgan fingerprint density at radius 3 is 2.96 bits per heavy atom. The number of hydrogen-bond acceptors (Lipinski definition) is 5. The van der Waals surface area contributed by atoms with Crippen LogP contribution in [0.25, 0.3) is 10.7 Å². The number of H-pyrrole nitrogens is 1. The molecule has 25 heavy (non-hydrogen) atoms. The third-order valence-electron chi connectivity index (χ3n) is 3.10. The number of hydrogen-bond donors (Lipinski definition) is 3. The number of aromatic nitrogens is 3. The number of thiophene rings is 1. The molecule has 3 aromatic rings. The number of aromatic amines is 1. The number of aliphatic imine (C=N–C) groups is 1. The van der Waals surface area contributed by atoms with Gasteiger partial charge < -0.3 is 15.8 Å². The van der Waals surface area contributed by atoms with E-state index in [-0.39, 0.29) is 22.9 Å². The second-order valence-corrected chi connectivity index (χ2v) is 6.11. The number of ether oxygens (including phenoxy) is 1. The van der Waals surface area contributed by atoms with E-state index in [0.29, 0.717) is 29.0 Å². The molecule has 10 heteroatoms. The average molecular weight is 444 g/mol. The number of nitrogens with two attached hydrogens (primary N) is 1. The summed E-state index contributed by atoms with van der Waals surface area (Å²) in [5, 5.41) is 12.5. The fourth-order valence-corrected chi connectivity index (χ4v) is 2.89. The third kappa shape index (κ3) is 4.94. The van der Waals surface area contributed by atoms with E-state index in [1.54, 1.807) is 36.6 Å². The zero-order valence-electron chi connectivity index (χ0n) is 13.2. The van der Waals surface area contributed by atoms with Crippen LogP contribution in [0.5, 0.6) is 5.75 Å². The highest BCUT2D eigenvalue weighted by atomic mass is 79.9. The molecule has 2 aromatic heterocycles.